The van der Waals surface area contributed by atoms with Crippen molar-refractivity contribution in [3.8, 4) is 55.9 Å². The lowest BCUT2D eigenvalue weighted by Crippen LogP contribution is -2.10. The second-order valence-electron chi connectivity index (χ2n) is 27.1. The normalized spacial score (nSPS) is 11.6. The molecule has 0 spiro atoms. The largest absolute Gasteiger partial charge is 0.455 e. The molecule has 4 aromatic heterocycles. The van der Waals surface area contributed by atoms with Gasteiger partial charge in [0.15, 0.2) is 0 Å². The minimum Gasteiger partial charge on any atom is -0.455 e. The fourth-order valence-electron chi connectivity index (χ4n) is 15.9. The number of hydrogen-bond acceptors (Lipinski definition) is 4. The molecule has 4 heterocycles. The molecule has 0 N–H and O–H groups in total. The number of rotatable bonds is 12. The van der Waals surface area contributed by atoms with Crippen molar-refractivity contribution in [2.24, 2.45) is 0 Å². The van der Waals surface area contributed by atoms with Gasteiger partial charge in [-0.05, 0) is 207 Å². The van der Waals surface area contributed by atoms with E-state index in [0.29, 0.717) is 0 Å². The van der Waals surface area contributed by atoms with Gasteiger partial charge in [0.1, 0.15) is 22.3 Å². The van der Waals surface area contributed by atoms with Crippen molar-refractivity contribution in [3.05, 3.63) is 400 Å². The van der Waals surface area contributed by atoms with E-state index in [2.05, 4.69) is 407 Å². The van der Waals surface area contributed by atoms with E-state index in [1.165, 1.54) is 66.1 Å². The molecule has 0 amide bonds. The Morgan fingerprint density at radius 2 is 0.491 bits per heavy atom. The van der Waals surface area contributed by atoms with Gasteiger partial charge in [0.2, 0.25) is 0 Å². The van der Waals surface area contributed by atoms with Gasteiger partial charge in [-0.3, -0.25) is 0 Å². The number of anilines is 6. The fourth-order valence-corrected chi connectivity index (χ4v) is 15.9. The maximum Gasteiger partial charge on any atom is 0.145 e. The van der Waals surface area contributed by atoms with E-state index in [1.54, 1.807) is 0 Å². The zero-order valence-corrected chi connectivity index (χ0v) is 57.7. The van der Waals surface area contributed by atoms with Crippen LogP contribution in [0.4, 0.5) is 34.1 Å². The minimum atomic E-state index is 0.914. The highest BCUT2D eigenvalue weighted by Gasteiger charge is 2.23. The van der Waals surface area contributed by atoms with Crippen LogP contribution in [0.3, 0.4) is 0 Å². The first kappa shape index (κ1) is 61.7. The predicted octanol–water partition coefficient (Wildman–Crippen LogP) is 28.1. The molecule has 6 heteroatoms. The van der Waals surface area contributed by atoms with Crippen molar-refractivity contribution in [1.82, 2.24) is 9.13 Å². The van der Waals surface area contributed by atoms with Crippen LogP contribution in [-0.4, -0.2) is 9.13 Å². The molecule has 0 aliphatic rings. The maximum atomic E-state index is 6.51. The summed E-state index contributed by atoms with van der Waals surface area (Å²) in [4.78, 5) is 4.63. The maximum absolute atomic E-state index is 6.51. The number of fused-ring (bicyclic) bond motifs is 15. The third kappa shape index (κ3) is 10.8. The SMILES string of the molecule is c1ccc(-c2ccc(-c3ccc(N(c4ccccc4)c4ccc(-c5ccc(-n6c7ccccc7c7c8oc9ccccc9c8ccc76)cc5)cc4)cc3)cc2)cc1.c1ccc(N(c2ccc(-c3ccc4ccccc4c3)cc2)c2ccc(-n3c4ccccc4c4c5oc6ccccc6c5ccc43)cc2)cc1. The summed E-state index contributed by atoms with van der Waals surface area (Å²) < 4.78 is 17.7. The Hall–Kier alpha value is -14.2. The number of benzene rings is 17. The number of nitrogens with zero attached hydrogens (tertiary/aromatic N) is 4. The van der Waals surface area contributed by atoms with Gasteiger partial charge in [0.05, 0.1) is 32.8 Å². The first-order valence-corrected chi connectivity index (χ1v) is 36.1. The van der Waals surface area contributed by atoms with Crippen molar-refractivity contribution in [2.45, 2.75) is 0 Å². The smallest absolute Gasteiger partial charge is 0.145 e. The van der Waals surface area contributed by atoms with Gasteiger partial charge in [-0.15, -0.1) is 0 Å². The first-order chi connectivity index (χ1) is 52.6. The molecule has 21 rings (SSSR count). The lowest BCUT2D eigenvalue weighted by molar-refractivity contribution is 0.672. The number of hydrogen-bond donors (Lipinski definition) is 0. The zero-order valence-electron chi connectivity index (χ0n) is 57.7. The third-order valence-electron chi connectivity index (χ3n) is 21.0. The molecule has 0 aliphatic carbocycles. The Balaban J connectivity index is 0.000000142. The van der Waals surface area contributed by atoms with Gasteiger partial charge < -0.3 is 27.8 Å². The monoisotopic (exact) mass is 1350 g/mol. The average molecular weight is 1360 g/mol. The van der Waals surface area contributed by atoms with Gasteiger partial charge in [-0.2, -0.15) is 0 Å². The summed E-state index contributed by atoms with van der Waals surface area (Å²) >= 11 is 0. The van der Waals surface area contributed by atoms with E-state index in [4.69, 9.17) is 8.83 Å². The van der Waals surface area contributed by atoms with Crippen molar-refractivity contribution >= 4 is 132 Å². The van der Waals surface area contributed by atoms with E-state index in [9.17, 15) is 0 Å². The van der Waals surface area contributed by atoms with Crippen LogP contribution in [0.5, 0.6) is 0 Å². The summed E-state index contributed by atoms with van der Waals surface area (Å²) in [6.07, 6.45) is 0. The summed E-state index contributed by atoms with van der Waals surface area (Å²) in [5, 5.41) is 11.7. The first-order valence-electron chi connectivity index (χ1n) is 36.1. The Labute approximate surface area is 612 Å². The van der Waals surface area contributed by atoms with Gasteiger partial charge in [-0.1, -0.05) is 249 Å². The van der Waals surface area contributed by atoms with Crippen LogP contribution >= 0.6 is 0 Å². The standard InChI is InChI=1S/C54H36N2O.C46H30N2O/c1-3-11-37(12-4-1)38-19-21-39(22-20-38)40-23-29-44(30-24-40)55(43-13-5-2-6-14-43)45-31-25-41(26-32-45)42-27-33-46(34-28-42)56-50-17-9-7-16-49(50)53-51(56)36-35-48-47-15-8-10-18-52(47)57-54(48)53;1-2-12-35(13-3-1)47(36-22-20-32(21-23-36)34-19-18-31-10-4-5-11-33(31)30-34)37-24-26-38(27-25-37)48-42-16-8-6-15-41(42)45-43(48)29-28-40-39-14-7-9-17-44(39)49-46(40)45/h1-36H;1-30H. The average Bonchev–Trinajstić information content (AvgIpc) is 1.57. The lowest BCUT2D eigenvalue weighted by atomic mass is 10.00. The van der Waals surface area contributed by atoms with Crippen LogP contribution in [0.15, 0.2) is 409 Å². The fraction of sp³-hybridized carbons (Fsp3) is 0. The Morgan fingerprint density at radius 1 is 0.189 bits per heavy atom. The molecule has 498 valence electrons. The Morgan fingerprint density at radius 3 is 0.934 bits per heavy atom. The summed E-state index contributed by atoms with van der Waals surface area (Å²) in [6.45, 7) is 0. The predicted molar refractivity (Wildman–Crippen MR) is 445 cm³/mol. The number of furan rings is 2. The van der Waals surface area contributed by atoms with E-state index in [0.717, 1.165) is 122 Å². The summed E-state index contributed by atoms with van der Waals surface area (Å²) in [6, 6.07) is 143. The molecule has 6 nitrogen and oxygen atoms in total. The summed E-state index contributed by atoms with van der Waals surface area (Å²) in [5.74, 6) is 0. The number of aromatic nitrogens is 2. The van der Waals surface area contributed by atoms with Crippen molar-refractivity contribution in [1.29, 1.82) is 0 Å². The van der Waals surface area contributed by atoms with Crippen molar-refractivity contribution in [2.75, 3.05) is 9.80 Å². The molecule has 21 aromatic rings. The molecule has 0 atom stereocenters. The molecule has 0 radical (unpaired) electrons. The summed E-state index contributed by atoms with van der Waals surface area (Å²) in [7, 11) is 0. The van der Waals surface area contributed by atoms with Crippen molar-refractivity contribution < 1.29 is 8.83 Å². The van der Waals surface area contributed by atoms with Crippen LogP contribution < -0.4 is 9.80 Å². The van der Waals surface area contributed by atoms with Crippen LogP contribution in [0.25, 0.3) is 154 Å². The second-order valence-corrected chi connectivity index (χ2v) is 27.1. The quantitative estimate of drug-likeness (QED) is 0.122. The van der Waals surface area contributed by atoms with Crippen LogP contribution in [0.2, 0.25) is 0 Å². The molecule has 17 aromatic carbocycles. The zero-order chi connectivity index (χ0) is 70.0. The second kappa shape index (κ2) is 26.0. The molecule has 0 bridgehead atoms. The topological polar surface area (TPSA) is 42.6 Å². The molecule has 0 saturated carbocycles. The van der Waals surface area contributed by atoms with E-state index in [-0.39, 0.29) is 0 Å². The van der Waals surface area contributed by atoms with Crippen LogP contribution in [-0.2, 0) is 0 Å². The molecular formula is C100H66N4O2. The highest BCUT2D eigenvalue weighted by atomic mass is 16.3. The third-order valence-corrected chi connectivity index (χ3v) is 21.0. The van der Waals surface area contributed by atoms with E-state index >= 15 is 0 Å². The van der Waals surface area contributed by atoms with E-state index in [1.807, 2.05) is 12.1 Å². The van der Waals surface area contributed by atoms with Crippen LogP contribution in [0.1, 0.15) is 0 Å². The van der Waals surface area contributed by atoms with E-state index < -0.39 is 0 Å². The number of para-hydroxylation sites is 6. The van der Waals surface area contributed by atoms with Gasteiger partial charge in [-0.25, -0.2) is 0 Å². The summed E-state index contributed by atoms with van der Waals surface area (Å²) in [5.41, 5.74) is 26.7. The Kier molecular flexibility index (Phi) is 15.1. The van der Waals surface area contributed by atoms with Crippen molar-refractivity contribution in [3.63, 3.8) is 0 Å². The molecule has 0 saturated heterocycles. The van der Waals surface area contributed by atoms with Gasteiger partial charge >= 0.3 is 0 Å². The highest BCUT2D eigenvalue weighted by molar-refractivity contribution is 6.25. The molecule has 0 aliphatic heterocycles. The van der Waals surface area contributed by atoms with Gasteiger partial charge in [0, 0.05) is 77.8 Å². The minimum absolute atomic E-state index is 0.914. The molecular weight excluding hydrogens is 1290 g/mol. The Bertz CT molecular complexity index is 6820. The highest BCUT2D eigenvalue weighted by Crippen LogP contribution is 2.45. The molecule has 106 heavy (non-hydrogen) atoms. The molecule has 0 fully saturated rings. The molecule has 0 unspecified atom stereocenters. The lowest BCUT2D eigenvalue weighted by Gasteiger charge is -2.26. The van der Waals surface area contributed by atoms with Gasteiger partial charge in [0.25, 0.3) is 0 Å². The van der Waals surface area contributed by atoms with Crippen LogP contribution in [0, 0.1) is 0 Å².